The van der Waals surface area contributed by atoms with Crippen LogP contribution in [0.15, 0.2) is 18.2 Å². The maximum absolute atomic E-state index is 12.7. The third kappa shape index (κ3) is 2.49. The average molecular weight is 218 g/mol. The lowest BCUT2D eigenvalue weighted by Gasteiger charge is -2.11. The van der Waals surface area contributed by atoms with Crippen LogP contribution in [0.2, 0.25) is 0 Å². The number of benzene rings is 1. The van der Waals surface area contributed by atoms with Gasteiger partial charge in [0, 0.05) is 13.0 Å². The van der Waals surface area contributed by atoms with Crippen molar-refractivity contribution in [3.05, 3.63) is 29.6 Å². The Balaban J connectivity index is 3.20. The van der Waals surface area contributed by atoms with E-state index in [0.29, 0.717) is 6.92 Å². The van der Waals surface area contributed by atoms with Crippen molar-refractivity contribution in [3.63, 3.8) is 0 Å². The summed E-state index contributed by atoms with van der Waals surface area (Å²) in [5.74, 6) is -5.73. The standard InChI is InChI=1S/C10H9F3O2/c1-10(12,13)9(14)7-4-3-6(11)5-8(7)15-2/h3-5H,1-2H3. The topological polar surface area (TPSA) is 26.3 Å². The van der Waals surface area contributed by atoms with Crippen molar-refractivity contribution in [1.82, 2.24) is 0 Å². The molecule has 82 valence electrons. The SMILES string of the molecule is COc1cc(F)ccc1C(=O)C(C)(F)F. The minimum absolute atomic E-state index is 0.193. The van der Waals surface area contributed by atoms with Gasteiger partial charge in [0.15, 0.2) is 0 Å². The van der Waals surface area contributed by atoms with Crippen LogP contribution in [0.5, 0.6) is 5.75 Å². The van der Waals surface area contributed by atoms with Crippen molar-refractivity contribution < 1.29 is 22.7 Å². The van der Waals surface area contributed by atoms with E-state index in [9.17, 15) is 18.0 Å². The number of carbonyl (C=O) groups excluding carboxylic acids is 1. The van der Waals surface area contributed by atoms with E-state index in [1.807, 2.05) is 0 Å². The molecule has 5 heteroatoms. The molecule has 0 fully saturated rings. The van der Waals surface area contributed by atoms with E-state index in [1.165, 1.54) is 7.11 Å². The summed E-state index contributed by atoms with van der Waals surface area (Å²) < 4.78 is 42.8. The summed E-state index contributed by atoms with van der Waals surface area (Å²) in [6, 6.07) is 2.80. The molecule has 1 aromatic rings. The number of rotatable bonds is 3. The maximum atomic E-state index is 12.7. The van der Waals surface area contributed by atoms with Gasteiger partial charge in [0.2, 0.25) is 5.78 Å². The molecule has 0 aliphatic rings. The minimum atomic E-state index is -3.49. The number of Topliss-reactive ketones (excluding diaryl/α,β-unsaturated/α-hetero) is 1. The van der Waals surface area contributed by atoms with Crippen LogP contribution < -0.4 is 4.74 Å². The number of methoxy groups -OCH3 is 1. The van der Waals surface area contributed by atoms with E-state index in [0.717, 1.165) is 18.2 Å². The lowest BCUT2D eigenvalue weighted by Crippen LogP contribution is -2.24. The highest BCUT2D eigenvalue weighted by Crippen LogP contribution is 2.26. The fourth-order valence-corrected chi connectivity index (χ4v) is 1.09. The summed E-state index contributed by atoms with van der Waals surface area (Å²) in [5.41, 5.74) is -0.327. The van der Waals surface area contributed by atoms with Gasteiger partial charge in [-0.2, -0.15) is 8.78 Å². The number of hydrogen-bond acceptors (Lipinski definition) is 2. The molecule has 0 amide bonds. The smallest absolute Gasteiger partial charge is 0.307 e. The summed E-state index contributed by atoms with van der Waals surface area (Å²) in [6.07, 6.45) is 0. The molecule has 0 spiro atoms. The van der Waals surface area contributed by atoms with E-state index in [1.54, 1.807) is 0 Å². The maximum Gasteiger partial charge on any atom is 0.307 e. The Kier molecular flexibility index (Phi) is 3.02. The van der Waals surface area contributed by atoms with E-state index in [2.05, 4.69) is 4.74 Å². The largest absolute Gasteiger partial charge is 0.496 e. The molecule has 0 N–H and O–H groups in total. The van der Waals surface area contributed by atoms with Gasteiger partial charge >= 0.3 is 5.92 Å². The fraction of sp³-hybridized carbons (Fsp3) is 0.300. The first-order chi connectivity index (χ1) is 6.86. The number of ketones is 1. The number of ether oxygens (including phenoxy) is 1. The van der Waals surface area contributed by atoms with Gasteiger partial charge in [0.1, 0.15) is 11.6 Å². The molecular weight excluding hydrogens is 209 g/mol. The van der Waals surface area contributed by atoms with Crippen molar-refractivity contribution in [2.24, 2.45) is 0 Å². The molecule has 0 aliphatic heterocycles. The summed E-state index contributed by atoms with van der Waals surface area (Å²) in [7, 11) is 1.18. The Morgan fingerprint density at radius 3 is 2.47 bits per heavy atom. The van der Waals surface area contributed by atoms with Gasteiger partial charge in [0.05, 0.1) is 12.7 Å². The van der Waals surface area contributed by atoms with Crippen LogP contribution in [-0.2, 0) is 0 Å². The number of halogens is 3. The van der Waals surface area contributed by atoms with Gasteiger partial charge < -0.3 is 4.74 Å². The Labute approximate surface area is 84.7 Å². The van der Waals surface area contributed by atoms with E-state index < -0.39 is 17.5 Å². The van der Waals surface area contributed by atoms with E-state index >= 15 is 0 Å². The molecule has 0 heterocycles. The minimum Gasteiger partial charge on any atom is -0.496 e. The Morgan fingerprint density at radius 1 is 1.40 bits per heavy atom. The highest BCUT2D eigenvalue weighted by atomic mass is 19.3. The fourth-order valence-electron chi connectivity index (χ4n) is 1.09. The van der Waals surface area contributed by atoms with Gasteiger partial charge in [-0.15, -0.1) is 0 Å². The first-order valence-electron chi connectivity index (χ1n) is 4.12. The lowest BCUT2D eigenvalue weighted by molar-refractivity contribution is 0.0219. The van der Waals surface area contributed by atoms with Crippen LogP contribution in [-0.4, -0.2) is 18.8 Å². The molecule has 0 atom stereocenters. The monoisotopic (exact) mass is 218 g/mol. The summed E-state index contributed by atoms with van der Waals surface area (Å²) >= 11 is 0. The summed E-state index contributed by atoms with van der Waals surface area (Å²) in [5, 5.41) is 0. The Hall–Kier alpha value is -1.52. The molecule has 0 aromatic heterocycles. The van der Waals surface area contributed by atoms with Gasteiger partial charge in [-0.1, -0.05) is 0 Å². The molecule has 1 rings (SSSR count). The van der Waals surface area contributed by atoms with Crippen LogP contribution in [0.1, 0.15) is 17.3 Å². The first-order valence-corrected chi connectivity index (χ1v) is 4.12. The molecule has 0 saturated carbocycles. The van der Waals surface area contributed by atoms with Crippen LogP contribution in [0.25, 0.3) is 0 Å². The molecule has 1 aromatic carbocycles. The zero-order chi connectivity index (χ0) is 11.6. The normalized spacial score (nSPS) is 11.3. The second kappa shape index (κ2) is 3.92. The van der Waals surface area contributed by atoms with Gasteiger partial charge in [0.25, 0.3) is 0 Å². The molecule has 0 bridgehead atoms. The highest BCUT2D eigenvalue weighted by Gasteiger charge is 2.35. The first kappa shape index (κ1) is 11.6. The molecule has 15 heavy (non-hydrogen) atoms. The van der Waals surface area contributed by atoms with E-state index in [-0.39, 0.29) is 11.3 Å². The van der Waals surface area contributed by atoms with Gasteiger partial charge in [-0.25, -0.2) is 4.39 Å². The number of alkyl halides is 2. The molecule has 2 nitrogen and oxygen atoms in total. The zero-order valence-corrected chi connectivity index (χ0v) is 8.18. The van der Waals surface area contributed by atoms with Crippen molar-refractivity contribution in [2.45, 2.75) is 12.8 Å². The Bertz CT molecular complexity index is 383. The predicted molar refractivity (Wildman–Crippen MR) is 47.9 cm³/mol. The lowest BCUT2D eigenvalue weighted by atomic mass is 10.1. The molecule has 0 radical (unpaired) electrons. The predicted octanol–water partition coefficient (Wildman–Crippen LogP) is 2.67. The second-order valence-corrected chi connectivity index (χ2v) is 3.06. The third-order valence-electron chi connectivity index (χ3n) is 1.81. The van der Waals surface area contributed by atoms with Crippen molar-refractivity contribution in [1.29, 1.82) is 0 Å². The number of carbonyl (C=O) groups is 1. The second-order valence-electron chi connectivity index (χ2n) is 3.06. The van der Waals surface area contributed by atoms with Crippen LogP contribution in [0.4, 0.5) is 13.2 Å². The zero-order valence-electron chi connectivity index (χ0n) is 8.18. The third-order valence-corrected chi connectivity index (χ3v) is 1.81. The quantitative estimate of drug-likeness (QED) is 0.729. The van der Waals surface area contributed by atoms with Crippen LogP contribution >= 0.6 is 0 Å². The average Bonchev–Trinajstić information content (AvgIpc) is 2.15. The molecule has 0 aliphatic carbocycles. The van der Waals surface area contributed by atoms with Crippen molar-refractivity contribution in [3.8, 4) is 5.75 Å². The van der Waals surface area contributed by atoms with Crippen LogP contribution in [0.3, 0.4) is 0 Å². The summed E-state index contributed by atoms with van der Waals surface area (Å²) in [4.78, 5) is 11.2. The number of hydrogen-bond donors (Lipinski definition) is 0. The van der Waals surface area contributed by atoms with Crippen molar-refractivity contribution >= 4 is 5.78 Å². The van der Waals surface area contributed by atoms with Gasteiger partial charge in [-0.3, -0.25) is 4.79 Å². The van der Waals surface area contributed by atoms with E-state index in [4.69, 9.17) is 0 Å². The molecular formula is C10H9F3O2. The molecule has 0 unspecified atom stereocenters. The van der Waals surface area contributed by atoms with Gasteiger partial charge in [-0.05, 0) is 12.1 Å². The summed E-state index contributed by atoms with van der Waals surface area (Å²) in [6.45, 7) is 0.484. The van der Waals surface area contributed by atoms with Crippen LogP contribution in [0, 0.1) is 5.82 Å². The van der Waals surface area contributed by atoms with Crippen molar-refractivity contribution in [2.75, 3.05) is 7.11 Å². The molecule has 0 saturated heterocycles. The highest BCUT2D eigenvalue weighted by molar-refractivity contribution is 6.03. The Morgan fingerprint density at radius 2 is 2.00 bits per heavy atom.